The number of amides is 1. The lowest BCUT2D eigenvalue weighted by atomic mass is 10.1. The highest BCUT2D eigenvalue weighted by molar-refractivity contribution is 5.91. The van der Waals surface area contributed by atoms with Crippen LogP contribution in [0.4, 0.5) is 22.7 Å². The lowest BCUT2D eigenvalue weighted by Gasteiger charge is -2.11. The lowest BCUT2D eigenvalue weighted by Crippen LogP contribution is -2.31. The molecular formula is C21H26N8O8. The number of nitriles is 1. The Kier molecular flexibility index (Phi) is 13.1. The van der Waals surface area contributed by atoms with Gasteiger partial charge in [0, 0.05) is 30.3 Å². The van der Waals surface area contributed by atoms with Gasteiger partial charge < -0.3 is 38.3 Å². The Balaban J connectivity index is 0.00000648. The van der Waals surface area contributed by atoms with Crippen LogP contribution in [0.3, 0.4) is 0 Å². The van der Waals surface area contributed by atoms with Gasteiger partial charge in [0.2, 0.25) is 5.91 Å². The molecule has 2 rings (SSSR count). The molecule has 11 N–H and O–H groups in total. The number of anilines is 1. The van der Waals surface area contributed by atoms with Crippen molar-refractivity contribution in [3.05, 3.63) is 52.1 Å². The molecule has 37 heavy (non-hydrogen) atoms. The number of nitro benzene ring substituents is 1. The van der Waals surface area contributed by atoms with Crippen LogP contribution in [0, 0.1) is 21.4 Å². The summed E-state index contributed by atoms with van der Waals surface area (Å²) in [6, 6.07) is 8.31. The molecular weight excluding hydrogens is 492 g/mol. The molecule has 16 nitrogen and oxygen atoms in total. The van der Waals surface area contributed by atoms with Gasteiger partial charge in [0.25, 0.3) is 5.69 Å². The van der Waals surface area contributed by atoms with Crippen molar-refractivity contribution in [3.63, 3.8) is 0 Å². The van der Waals surface area contributed by atoms with Gasteiger partial charge in [0.15, 0.2) is 0 Å². The van der Waals surface area contributed by atoms with Gasteiger partial charge in [0.05, 0.1) is 23.5 Å². The zero-order valence-corrected chi connectivity index (χ0v) is 19.5. The minimum absolute atomic E-state index is 0. The number of benzene rings is 2. The molecule has 0 radical (unpaired) electrons. The minimum atomic E-state index is -1.23. The zero-order chi connectivity index (χ0) is 26.0. The fraction of sp³-hybridized carbons (Fsp3) is 0.238. The van der Waals surface area contributed by atoms with Crippen LogP contribution in [0.25, 0.3) is 0 Å². The molecule has 198 valence electrons. The maximum absolute atomic E-state index is 12.1. The van der Waals surface area contributed by atoms with Crippen molar-refractivity contribution in [1.82, 2.24) is 12.3 Å². The number of azo groups is 1. The van der Waals surface area contributed by atoms with E-state index in [0.717, 1.165) is 12.1 Å². The highest BCUT2D eigenvalue weighted by Crippen LogP contribution is 2.33. The molecule has 2 aromatic carbocycles. The number of non-ortho nitro benzene ring substituents is 1. The van der Waals surface area contributed by atoms with Gasteiger partial charge in [-0.25, -0.2) is 0 Å². The van der Waals surface area contributed by atoms with Crippen LogP contribution in [-0.2, 0) is 14.4 Å². The average molecular weight is 518 g/mol. The molecule has 1 unspecified atom stereocenters. The van der Waals surface area contributed by atoms with Gasteiger partial charge in [-0.2, -0.15) is 5.26 Å². The number of hydrogen-bond donors (Lipinski definition) is 6. The van der Waals surface area contributed by atoms with E-state index in [1.165, 1.54) is 24.3 Å². The highest BCUT2D eigenvalue weighted by Gasteiger charge is 2.15. The molecule has 0 spiro atoms. The summed E-state index contributed by atoms with van der Waals surface area (Å²) in [6.45, 7) is -0.219. The van der Waals surface area contributed by atoms with Crippen LogP contribution >= 0.6 is 0 Å². The maximum Gasteiger partial charge on any atom is 0.320 e. The summed E-state index contributed by atoms with van der Waals surface area (Å²) in [4.78, 5) is 43.9. The SMILES string of the molecule is N.N.N#Cc1cc([N+](=O)[O-])ccc1/N=N/c1ccc(NC(=O)CCC(N)C(=O)O)cc1OCCC(=O)O. The zero-order valence-electron chi connectivity index (χ0n) is 19.5. The molecule has 2 aromatic rings. The monoisotopic (exact) mass is 518 g/mol. The Labute approximate surface area is 210 Å². The topological polar surface area (TPSA) is 301 Å². The second-order valence-corrected chi connectivity index (χ2v) is 6.98. The predicted octanol–water partition coefficient (Wildman–Crippen LogP) is 3.19. The summed E-state index contributed by atoms with van der Waals surface area (Å²) in [7, 11) is 0. The van der Waals surface area contributed by atoms with Crippen molar-refractivity contribution in [3.8, 4) is 11.8 Å². The second kappa shape index (κ2) is 15.1. The first-order valence-electron chi connectivity index (χ1n) is 9.98. The maximum atomic E-state index is 12.1. The Morgan fingerprint density at radius 2 is 1.76 bits per heavy atom. The molecule has 16 heteroatoms. The number of ether oxygens (including phenoxy) is 1. The predicted molar refractivity (Wildman–Crippen MR) is 130 cm³/mol. The largest absolute Gasteiger partial charge is 0.491 e. The van der Waals surface area contributed by atoms with Gasteiger partial charge in [0.1, 0.15) is 29.2 Å². The number of nitrogens with one attached hydrogen (secondary N) is 1. The Hall–Kier alpha value is -4.98. The summed E-state index contributed by atoms with van der Waals surface area (Å²) in [5, 5.41) is 48.2. The van der Waals surface area contributed by atoms with Crippen molar-refractivity contribution in [1.29, 1.82) is 5.26 Å². The third-order valence-corrected chi connectivity index (χ3v) is 4.39. The van der Waals surface area contributed by atoms with E-state index < -0.39 is 28.8 Å². The van der Waals surface area contributed by atoms with Crippen LogP contribution in [0.2, 0.25) is 0 Å². The molecule has 0 saturated carbocycles. The number of aliphatic carboxylic acids is 2. The standard InChI is InChI=1S/C21H20N6O8.2H3N/c22-11-12-9-14(27(33)34)2-5-16(12)25-26-17-4-1-13(10-18(17)35-8-7-20(29)30)24-19(28)6-3-15(23)21(31)32;;/h1-2,4-5,9-10,15H,3,6-8,23H2,(H,24,28)(H,29,30)(H,31,32);2*1H3/b26-25+;;. The van der Waals surface area contributed by atoms with Gasteiger partial charge >= 0.3 is 11.9 Å². The number of rotatable bonds is 12. The fourth-order valence-electron chi connectivity index (χ4n) is 2.59. The fourth-order valence-corrected chi connectivity index (χ4v) is 2.59. The van der Waals surface area contributed by atoms with Crippen LogP contribution in [0.1, 0.15) is 24.8 Å². The van der Waals surface area contributed by atoms with Gasteiger partial charge in [-0.15, -0.1) is 10.2 Å². The molecule has 0 heterocycles. The van der Waals surface area contributed by atoms with E-state index in [2.05, 4.69) is 15.5 Å². The van der Waals surface area contributed by atoms with E-state index >= 15 is 0 Å². The number of carbonyl (C=O) groups excluding carboxylic acids is 1. The van der Waals surface area contributed by atoms with E-state index in [0.29, 0.717) is 0 Å². The summed E-state index contributed by atoms with van der Waals surface area (Å²) in [6.07, 6.45) is -0.547. The third-order valence-electron chi connectivity index (χ3n) is 4.39. The van der Waals surface area contributed by atoms with E-state index in [1.807, 2.05) is 0 Å². The summed E-state index contributed by atoms with van der Waals surface area (Å²) < 4.78 is 5.46. The van der Waals surface area contributed by atoms with E-state index in [4.69, 9.17) is 20.7 Å². The number of carboxylic acid groups (broad SMARTS) is 2. The summed E-state index contributed by atoms with van der Waals surface area (Å²) in [5.74, 6) is -2.77. The molecule has 0 saturated heterocycles. The first-order chi connectivity index (χ1) is 16.6. The molecule has 0 aromatic heterocycles. The summed E-state index contributed by atoms with van der Waals surface area (Å²) in [5.41, 5.74) is 5.46. The van der Waals surface area contributed by atoms with Gasteiger partial charge in [-0.05, 0) is 24.6 Å². The van der Waals surface area contributed by atoms with E-state index in [1.54, 1.807) is 6.07 Å². The van der Waals surface area contributed by atoms with Gasteiger partial charge in [-0.1, -0.05) is 0 Å². The van der Waals surface area contributed by atoms with Crippen molar-refractivity contribution in [2.75, 3.05) is 11.9 Å². The van der Waals surface area contributed by atoms with Crippen LogP contribution in [0.5, 0.6) is 5.75 Å². The van der Waals surface area contributed by atoms with Crippen molar-refractivity contribution in [2.45, 2.75) is 25.3 Å². The smallest absolute Gasteiger partial charge is 0.320 e. The molecule has 0 fully saturated rings. The quantitative estimate of drug-likeness (QED) is 0.134. The average Bonchev–Trinajstić information content (AvgIpc) is 2.81. The number of nitrogens with zero attached hydrogens (tertiary/aromatic N) is 4. The van der Waals surface area contributed by atoms with Crippen molar-refractivity contribution >= 4 is 40.6 Å². The summed E-state index contributed by atoms with van der Waals surface area (Å²) >= 11 is 0. The van der Waals surface area contributed by atoms with Crippen LogP contribution in [0.15, 0.2) is 46.6 Å². The molecule has 0 bridgehead atoms. The number of nitrogens with two attached hydrogens (primary N) is 1. The van der Waals surface area contributed by atoms with E-state index in [-0.39, 0.29) is 72.2 Å². The van der Waals surface area contributed by atoms with Crippen molar-refractivity contribution < 1.29 is 34.3 Å². The number of carbonyl (C=O) groups is 3. The molecule has 0 aliphatic carbocycles. The Morgan fingerprint density at radius 1 is 1.11 bits per heavy atom. The van der Waals surface area contributed by atoms with Crippen molar-refractivity contribution in [2.24, 2.45) is 16.0 Å². The van der Waals surface area contributed by atoms with Gasteiger partial charge in [-0.3, -0.25) is 24.5 Å². The lowest BCUT2D eigenvalue weighted by molar-refractivity contribution is -0.384. The normalized spacial score (nSPS) is 10.8. The van der Waals surface area contributed by atoms with Crippen LogP contribution < -0.4 is 28.1 Å². The minimum Gasteiger partial charge on any atom is -0.491 e. The molecule has 0 aliphatic rings. The highest BCUT2D eigenvalue weighted by atomic mass is 16.6. The van der Waals surface area contributed by atoms with E-state index in [9.17, 15) is 29.8 Å². The number of hydrogen-bond acceptors (Lipinski definition) is 12. The first-order valence-corrected chi connectivity index (χ1v) is 9.98. The number of carboxylic acids is 2. The third kappa shape index (κ3) is 10.0. The number of nitro groups is 1. The molecule has 1 amide bonds. The Bertz CT molecular complexity index is 1210. The van der Waals surface area contributed by atoms with Crippen LogP contribution in [-0.4, -0.2) is 45.6 Å². The first kappa shape index (κ1) is 32.0. The molecule has 0 aliphatic heterocycles. The Morgan fingerprint density at radius 3 is 2.35 bits per heavy atom. The second-order valence-electron chi connectivity index (χ2n) is 6.98. The molecule has 1 atom stereocenters.